The molecule has 164 valence electrons. The maximum absolute atomic E-state index is 13.2. The van der Waals surface area contributed by atoms with Gasteiger partial charge in [0, 0.05) is 12.0 Å². The van der Waals surface area contributed by atoms with Crippen molar-refractivity contribution in [1.29, 1.82) is 5.26 Å². The summed E-state index contributed by atoms with van der Waals surface area (Å²) in [4.78, 5) is 20.0. The van der Waals surface area contributed by atoms with E-state index in [9.17, 15) is 10.1 Å². The van der Waals surface area contributed by atoms with Gasteiger partial charge in [-0.2, -0.15) is 5.26 Å². The van der Waals surface area contributed by atoms with Crippen LogP contribution in [0.1, 0.15) is 50.2 Å². The summed E-state index contributed by atoms with van der Waals surface area (Å²) in [6.45, 7) is 2.61. The van der Waals surface area contributed by atoms with Crippen molar-refractivity contribution >= 4 is 11.7 Å². The number of hydrogen-bond donors (Lipinski definition) is 0. The molecule has 1 spiro atoms. The Kier molecular flexibility index (Phi) is 5.56. The minimum absolute atomic E-state index is 0.170. The van der Waals surface area contributed by atoms with Gasteiger partial charge in [-0.25, -0.2) is 0 Å². The van der Waals surface area contributed by atoms with Gasteiger partial charge in [0.25, 0.3) is 5.91 Å². The van der Waals surface area contributed by atoms with Gasteiger partial charge in [-0.1, -0.05) is 80.4 Å². The molecule has 1 fully saturated rings. The second-order valence-corrected chi connectivity index (χ2v) is 8.95. The van der Waals surface area contributed by atoms with Gasteiger partial charge in [0.15, 0.2) is 0 Å². The molecule has 1 heterocycles. The monoisotopic (exact) mass is 433 g/mol. The number of rotatable bonds is 5. The lowest BCUT2D eigenvalue weighted by atomic mass is 9.94. The molecular weight excluding hydrogens is 406 g/mol. The predicted molar refractivity (Wildman–Crippen MR) is 132 cm³/mol. The molecule has 0 radical (unpaired) electrons. The highest BCUT2D eigenvalue weighted by Crippen LogP contribution is 2.40. The van der Waals surface area contributed by atoms with Crippen molar-refractivity contribution in [2.75, 3.05) is 0 Å². The minimum Gasteiger partial charge on any atom is -0.294 e. The second kappa shape index (κ2) is 8.67. The first-order chi connectivity index (χ1) is 16.1. The molecule has 4 nitrogen and oxygen atoms in total. The SMILES string of the molecule is CCC1=NC2(CCCC2)C(=O)N1Cc1ccc(-c2cc(-c3ccccc3)ccc2C#N)cc1. The second-order valence-electron chi connectivity index (χ2n) is 8.95. The van der Waals surface area contributed by atoms with Crippen molar-refractivity contribution in [3.05, 3.63) is 83.9 Å². The average Bonchev–Trinajstić information content (AvgIpc) is 3.45. The fraction of sp³-hybridized carbons (Fsp3) is 0.276. The van der Waals surface area contributed by atoms with Crippen molar-refractivity contribution in [3.63, 3.8) is 0 Å². The minimum atomic E-state index is -0.495. The average molecular weight is 434 g/mol. The van der Waals surface area contributed by atoms with Crippen LogP contribution in [0.2, 0.25) is 0 Å². The maximum Gasteiger partial charge on any atom is 0.256 e. The third kappa shape index (κ3) is 3.85. The molecule has 1 saturated carbocycles. The lowest BCUT2D eigenvalue weighted by Gasteiger charge is -2.22. The first-order valence-corrected chi connectivity index (χ1v) is 11.7. The molecule has 0 atom stereocenters. The fourth-order valence-electron chi connectivity index (χ4n) is 5.11. The van der Waals surface area contributed by atoms with E-state index in [0.717, 1.165) is 65.8 Å². The van der Waals surface area contributed by atoms with E-state index in [2.05, 4.69) is 55.5 Å². The number of carbonyl (C=O) groups excluding carboxylic acids is 1. The summed E-state index contributed by atoms with van der Waals surface area (Å²) in [5.41, 5.74) is 5.36. The molecule has 1 aliphatic heterocycles. The van der Waals surface area contributed by atoms with Gasteiger partial charge in [0.2, 0.25) is 0 Å². The van der Waals surface area contributed by atoms with Crippen LogP contribution >= 0.6 is 0 Å². The number of hydrogen-bond acceptors (Lipinski definition) is 3. The van der Waals surface area contributed by atoms with Crippen LogP contribution in [0.4, 0.5) is 0 Å². The third-order valence-corrected chi connectivity index (χ3v) is 6.90. The number of amidine groups is 1. The van der Waals surface area contributed by atoms with Crippen molar-refractivity contribution in [2.24, 2.45) is 4.99 Å². The Morgan fingerprint density at radius 3 is 2.30 bits per heavy atom. The zero-order chi connectivity index (χ0) is 22.8. The largest absolute Gasteiger partial charge is 0.294 e. The summed E-state index contributed by atoms with van der Waals surface area (Å²) in [6, 6.07) is 26.7. The van der Waals surface area contributed by atoms with Crippen LogP contribution in [0.25, 0.3) is 22.3 Å². The van der Waals surface area contributed by atoms with Crippen LogP contribution in [-0.2, 0) is 11.3 Å². The Bertz CT molecular complexity index is 1250. The lowest BCUT2D eigenvalue weighted by Crippen LogP contribution is -2.40. The Morgan fingerprint density at radius 1 is 0.939 bits per heavy atom. The van der Waals surface area contributed by atoms with Crippen molar-refractivity contribution < 1.29 is 4.79 Å². The van der Waals surface area contributed by atoms with E-state index in [1.807, 2.05) is 35.2 Å². The van der Waals surface area contributed by atoms with Crippen LogP contribution < -0.4 is 0 Å². The molecule has 0 aromatic heterocycles. The number of aliphatic imine (C=N–C) groups is 1. The van der Waals surface area contributed by atoms with Gasteiger partial charge < -0.3 is 0 Å². The summed E-state index contributed by atoms with van der Waals surface area (Å²) < 4.78 is 0. The molecule has 0 N–H and O–H groups in total. The van der Waals surface area contributed by atoms with E-state index in [1.54, 1.807) is 0 Å². The van der Waals surface area contributed by atoms with E-state index in [-0.39, 0.29) is 5.91 Å². The first-order valence-electron chi connectivity index (χ1n) is 11.7. The lowest BCUT2D eigenvalue weighted by molar-refractivity contribution is -0.131. The summed E-state index contributed by atoms with van der Waals surface area (Å²) in [7, 11) is 0. The molecule has 1 amide bonds. The van der Waals surface area contributed by atoms with Gasteiger partial charge >= 0.3 is 0 Å². The number of amides is 1. The molecule has 1 aliphatic carbocycles. The fourth-order valence-corrected chi connectivity index (χ4v) is 5.11. The number of benzene rings is 3. The highest BCUT2D eigenvalue weighted by molar-refractivity contribution is 6.08. The van der Waals surface area contributed by atoms with Crippen molar-refractivity contribution in [1.82, 2.24) is 4.90 Å². The zero-order valence-corrected chi connectivity index (χ0v) is 18.9. The van der Waals surface area contributed by atoms with Gasteiger partial charge in [-0.05, 0) is 47.2 Å². The Balaban J connectivity index is 1.41. The van der Waals surface area contributed by atoms with Crippen LogP contribution in [0, 0.1) is 11.3 Å². The topological polar surface area (TPSA) is 56.5 Å². The highest BCUT2D eigenvalue weighted by Gasteiger charge is 2.49. The van der Waals surface area contributed by atoms with E-state index < -0.39 is 5.54 Å². The van der Waals surface area contributed by atoms with Gasteiger partial charge in [-0.3, -0.25) is 14.7 Å². The predicted octanol–water partition coefficient (Wildman–Crippen LogP) is 6.36. The molecule has 2 aliphatic rings. The third-order valence-electron chi connectivity index (χ3n) is 6.90. The van der Waals surface area contributed by atoms with Crippen LogP contribution in [0.15, 0.2) is 77.8 Å². The number of carbonyl (C=O) groups is 1. The number of nitrogens with zero attached hydrogens (tertiary/aromatic N) is 3. The Morgan fingerprint density at radius 2 is 1.64 bits per heavy atom. The summed E-state index contributed by atoms with van der Waals surface area (Å²) >= 11 is 0. The van der Waals surface area contributed by atoms with Gasteiger partial charge in [-0.15, -0.1) is 0 Å². The zero-order valence-electron chi connectivity index (χ0n) is 18.9. The van der Waals surface area contributed by atoms with Crippen molar-refractivity contribution in [2.45, 2.75) is 51.1 Å². The highest BCUT2D eigenvalue weighted by atomic mass is 16.2. The Hall–Kier alpha value is -3.71. The van der Waals surface area contributed by atoms with E-state index in [0.29, 0.717) is 12.1 Å². The molecule has 4 heteroatoms. The van der Waals surface area contributed by atoms with Crippen LogP contribution in [0.3, 0.4) is 0 Å². The quantitative estimate of drug-likeness (QED) is 0.470. The summed E-state index contributed by atoms with van der Waals surface area (Å²) in [5, 5.41) is 9.66. The molecule has 33 heavy (non-hydrogen) atoms. The summed E-state index contributed by atoms with van der Waals surface area (Å²) in [6.07, 6.45) is 4.68. The molecule has 0 saturated heterocycles. The normalized spacial score (nSPS) is 16.8. The maximum atomic E-state index is 13.2. The molecular formula is C29H27N3O. The van der Waals surface area contributed by atoms with Crippen LogP contribution in [-0.4, -0.2) is 22.2 Å². The van der Waals surface area contributed by atoms with Gasteiger partial charge in [0.05, 0.1) is 18.2 Å². The van der Waals surface area contributed by atoms with E-state index in [1.165, 1.54) is 0 Å². The summed E-state index contributed by atoms with van der Waals surface area (Å²) in [5.74, 6) is 1.08. The van der Waals surface area contributed by atoms with E-state index in [4.69, 9.17) is 4.99 Å². The van der Waals surface area contributed by atoms with Gasteiger partial charge in [0.1, 0.15) is 11.4 Å². The molecule has 5 rings (SSSR count). The van der Waals surface area contributed by atoms with E-state index >= 15 is 0 Å². The molecule has 0 bridgehead atoms. The smallest absolute Gasteiger partial charge is 0.256 e. The van der Waals surface area contributed by atoms with Crippen LogP contribution in [0.5, 0.6) is 0 Å². The molecule has 3 aromatic carbocycles. The molecule has 0 unspecified atom stereocenters. The molecule has 3 aromatic rings. The standard InChI is InChI=1S/C29H27N3O/c1-2-27-31-29(16-6-7-17-29)28(33)32(27)20-21-10-12-23(13-11-21)26-18-24(14-15-25(26)19-30)22-8-4-3-5-9-22/h3-5,8-15,18H,2,6-7,16-17,20H2,1H3. The first kappa shape index (κ1) is 21.2. The van der Waals surface area contributed by atoms with Crippen molar-refractivity contribution in [3.8, 4) is 28.3 Å². The Labute approximate surface area is 195 Å². The number of nitriles is 1.